The van der Waals surface area contributed by atoms with Crippen molar-refractivity contribution in [1.82, 2.24) is 9.88 Å². The molecule has 2 heterocycles. The second kappa shape index (κ2) is 5.25. The highest BCUT2D eigenvalue weighted by Gasteiger charge is 2.24. The van der Waals surface area contributed by atoms with Gasteiger partial charge in [0.05, 0.1) is 11.6 Å². The largest absolute Gasteiger partial charge is 0.417 e. The van der Waals surface area contributed by atoms with E-state index in [1.54, 1.807) is 18.2 Å². The lowest BCUT2D eigenvalue weighted by atomic mass is 10.0. The Hall–Kier alpha value is -1.88. The number of aromatic amines is 1. The molecular weight excluding hydrogens is 256 g/mol. The van der Waals surface area contributed by atoms with E-state index in [9.17, 15) is 9.59 Å². The van der Waals surface area contributed by atoms with Crippen molar-refractivity contribution in [3.63, 3.8) is 0 Å². The Bertz CT molecular complexity index is 680. The fourth-order valence-electron chi connectivity index (χ4n) is 2.81. The van der Waals surface area contributed by atoms with Crippen LogP contribution in [0, 0.1) is 0 Å². The number of benzene rings is 1. The molecule has 0 bridgehead atoms. The Balaban J connectivity index is 1.85. The average molecular weight is 274 g/mol. The zero-order valence-electron chi connectivity index (χ0n) is 11.5. The van der Waals surface area contributed by atoms with Gasteiger partial charge >= 0.3 is 5.76 Å². The van der Waals surface area contributed by atoms with E-state index in [0.717, 1.165) is 25.9 Å². The van der Waals surface area contributed by atoms with Gasteiger partial charge in [-0.3, -0.25) is 14.7 Å². The number of hydrogen-bond donors (Lipinski definition) is 1. The molecule has 106 valence electrons. The van der Waals surface area contributed by atoms with Crippen molar-refractivity contribution in [1.29, 1.82) is 0 Å². The van der Waals surface area contributed by atoms with E-state index in [1.165, 1.54) is 6.42 Å². The molecule has 1 atom stereocenters. The van der Waals surface area contributed by atoms with Gasteiger partial charge in [0.15, 0.2) is 11.4 Å². The maximum absolute atomic E-state index is 12.5. The maximum Gasteiger partial charge on any atom is 0.417 e. The van der Waals surface area contributed by atoms with E-state index in [0.29, 0.717) is 16.7 Å². The minimum atomic E-state index is -0.492. The Morgan fingerprint density at radius 2 is 2.05 bits per heavy atom. The lowest BCUT2D eigenvalue weighted by Crippen LogP contribution is -2.42. The van der Waals surface area contributed by atoms with Gasteiger partial charge in [0, 0.05) is 5.56 Å². The monoisotopic (exact) mass is 274 g/mol. The first-order chi connectivity index (χ1) is 9.65. The molecule has 1 unspecified atom stereocenters. The first-order valence-electron chi connectivity index (χ1n) is 7.06. The fraction of sp³-hybridized carbons (Fsp3) is 0.467. The molecule has 5 nitrogen and oxygen atoms in total. The number of ketones is 1. The van der Waals surface area contributed by atoms with Crippen LogP contribution >= 0.6 is 0 Å². The predicted molar refractivity (Wildman–Crippen MR) is 76.1 cm³/mol. The molecule has 5 heteroatoms. The minimum absolute atomic E-state index is 0.0812. The molecule has 1 N–H and O–H groups in total. The van der Waals surface area contributed by atoms with E-state index in [4.69, 9.17) is 4.42 Å². The van der Waals surface area contributed by atoms with Gasteiger partial charge in [-0.2, -0.15) is 0 Å². The number of oxazole rings is 1. The van der Waals surface area contributed by atoms with Crippen molar-refractivity contribution in [2.75, 3.05) is 13.1 Å². The van der Waals surface area contributed by atoms with Gasteiger partial charge in [-0.25, -0.2) is 4.79 Å². The molecule has 1 aromatic heterocycles. The van der Waals surface area contributed by atoms with Gasteiger partial charge in [-0.1, -0.05) is 6.42 Å². The van der Waals surface area contributed by atoms with Crippen LogP contribution in [-0.4, -0.2) is 34.8 Å². The predicted octanol–water partition coefficient (Wildman–Crippen LogP) is 2.18. The SMILES string of the molecule is CC(C(=O)c1ccc2[nH]c(=O)oc2c1)N1CCCCC1. The molecule has 1 aromatic carbocycles. The van der Waals surface area contributed by atoms with Gasteiger partial charge in [-0.15, -0.1) is 0 Å². The Labute approximate surface area is 116 Å². The first-order valence-corrected chi connectivity index (χ1v) is 7.06. The summed E-state index contributed by atoms with van der Waals surface area (Å²) < 4.78 is 5.01. The molecule has 0 amide bonds. The number of nitrogens with zero attached hydrogens (tertiary/aromatic N) is 1. The summed E-state index contributed by atoms with van der Waals surface area (Å²) in [6, 6.07) is 4.99. The Morgan fingerprint density at radius 1 is 1.30 bits per heavy atom. The molecule has 1 aliphatic heterocycles. The fourth-order valence-corrected chi connectivity index (χ4v) is 2.81. The molecule has 1 fully saturated rings. The van der Waals surface area contributed by atoms with Gasteiger partial charge in [0.1, 0.15) is 0 Å². The Kier molecular flexibility index (Phi) is 3.44. The van der Waals surface area contributed by atoms with Crippen LogP contribution in [0.2, 0.25) is 0 Å². The van der Waals surface area contributed by atoms with Crippen molar-refractivity contribution in [2.24, 2.45) is 0 Å². The Morgan fingerprint density at radius 3 is 2.80 bits per heavy atom. The molecule has 0 aliphatic carbocycles. The van der Waals surface area contributed by atoms with Crippen molar-refractivity contribution in [2.45, 2.75) is 32.2 Å². The molecule has 1 saturated heterocycles. The summed E-state index contributed by atoms with van der Waals surface area (Å²) in [5.41, 5.74) is 1.65. The van der Waals surface area contributed by atoms with Crippen LogP contribution < -0.4 is 5.76 Å². The lowest BCUT2D eigenvalue weighted by Gasteiger charge is -2.31. The van der Waals surface area contributed by atoms with Gasteiger partial charge in [0.2, 0.25) is 0 Å². The molecule has 0 saturated carbocycles. The summed E-state index contributed by atoms with van der Waals surface area (Å²) in [5.74, 6) is -0.411. The number of carbonyl (C=O) groups excluding carboxylic acids is 1. The number of aromatic nitrogens is 1. The number of H-pyrrole nitrogens is 1. The number of Topliss-reactive ketones (excluding diaryl/α,β-unsaturated/α-hetero) is 1. The van der Waals surface area contributed by atoms with Crippen LogP contribution in [0.1, 0.15) is 36.5 Å². The summed E-state index contributed by atoms with van der Waals surface area (Å²) in [4.78, 5) is 28.5. The van der Waals surface area contributed by atoms with Crippen LogP contribution in [0.25, 0.3) is 11.1 Å². The van der Waals surface area contributed by atoms with Crippen molar-refractivity contribution >= 4 is 16.9 Å². The highest BCUT2D eigenvalue weighted by atomic mass is 16.4. The highest BCUT2D eigenvalue weighted by molar-refractivity contribution is 6.01. The van der Waals surface area contributed by atoms with Crippen LogP contribution in [0.3, 0.4) is 0 Å². The van der Waals surface area contributed by atoms with Crippen molar-refractivity contribution in [3.8, 4) is 0 Å². The summed E-state index contributed by atoms with van der Waals surface area (Å²) in [6.07, 6.45) is 3.56. The number of rotatable bonds is 3. The van der Waals surface area contributed by atoms with E-state index in [2.05, 4.69) is 9.88 Å². The molecule has 2 aromatic rings. The van der Waals surface area contributed by atoms with Gasteiger partial charge in [0.25, 0.3) is 0 Å². The summed E-state index contributed by atoms with van der Waals surface area (Å²) in [5, 5.41) is 0. The third-order valence-corrected chi connectivity index (χ3v) is 4.02. The van der Waals surface area contributed by atoms with E-state index in [-0.39, 0.29) is 11.8 Å². The van der Waals surface area contributed by atoms with Crippen LogP contribution in [-0.2, 0) is 0 Å². The zero-order chi connectivity index (χ0) is 14.1. The standard InChI is InChI=1S/C15H18N2O3/c1-10(17-7-3-2-4-8-17)14(18)11-5-6-12-13(9-11)20-15(19)16-12/h5-6,9-10H,2-4,7-8H2,1H3,(H,16,19). The summed E-state index contributed by atoms with van der Waals surface area (Å²) in [7, 11) is 0. The quantitative estimate of drug-likeness (QED) is 0.871. The van der Waals surface area contributed by atoms with E-state index < -0.39 is 5.76 Å². The molecule has 0 spiro atoms. The van der Waals surface area contributed by atoms with Crippen LogP contribution in [0.4, 0.5) is 0 Å². The minimum Gasteiger partial charge on any atom is -0.408 e. The lowest BCUT2D eigenvalue weighted by molar-refractivity contribution is 0.0809. The number of hydrogen-bond acceptors (Lipinski definition) is 4. The zero-order valence-corrected chi connectivity index (χ0v) is 11.5. The summed E-state index contributed by atoms with van der Waals surface area (Å²) in [6.45, 7) is 3.91. The number of fused-ring (bicyclic) bond motifs is 1. The maximum atomic E-state index is 12.5. The van der Waals surface area contributed by atoms with Crippen molar-refractivity contribution < 1.29 is 9.21 Å². The second-order valence-corrected chi connectivity index (χ2v) is 5.36. The summed E-state index contributed by atoms with van der Waals surface area (Å²) >= 11 is 0. The molecular formula is C15H18N2O3. The third-order valence-electron chi connectivity index (χ3n) is 4.02. The topological polar surface area (TPSA) is 66.3 Å². The van der Waals surface area contributed by atoms with Crippen LogP contribution in [0.5, 0.6) is 0 Å². The smallest absolute Gasteiger partial charge is 0.408 e. The molecule has 0 radical (unpaired) electrons. The van der Waals surface area contributed by atoms with Gasteiger partial charge in [-0.05, 0) is 51.1 Å². The normalized spacial score (nSPS) is 18.2. The van der Waals surface area contributed by atoms with E-state index in [1.807, 2.05) is 6.92 Å². The molecule has 1 aliphatic rings. The number of piperidine rings is 1. The number of likely N-dealkylation sites (tertiary alicyclic amines) is 1. The van der Waals surface area contributed by atoms with Crippen molar-refractivity contribution in [3.05, 3.63) is 34.3 Å². The van der Waals surface area contributed by atoms with E-state index >= 15 is 0 Å². The molecule has 3 rings (SSSR count). The first kappa shape index (κ1) is 13.1. The highest BCUT2D eigenvalue weighted by Crippen LogP contribution is 2.18. The average Bonchev–Trinajstić information content (AvgIpc) is 2.85. The second-order valence-electron chi connectivity index (χ2n) is 5.36. The van der Waals surface area contributed by atoms with Crippen LogP contribution in [0.15, 0.2) is 27.4 Å². The van der Waals surface area contributed by atoms with Gasteiger partial charge < -0.3 is 4.42 Å². The number of carbonyl (C=O) groups is 1. The number of nitrogens with one attached hydrogen (secondary N) is 1. The molecule has 20 heavy (non-hydrogen) atoms. The third kappa shape index (κ3) is 2.41.